The highest BCUT2D eigenvalue weighted by atomic mass is 16.5. The number of esters is 1. The highest BCUT2D eigenvalue weighted by Crippen LogP contribution is 2.37. The third-order valence-corrected chi connectivity index (χ3v) is 6.08. The Hall–Kier alpha value is -2.47. The summed E-state index contributed by atoms with van der Waals surface area (Å²) in [5, 5.41) is 20.4. The summed E-state index contributed by atoms with van der Waals surface area (Å²) in [6.45, 7) is 0.797. The van der Waals surface area contributed by atoms with Crippen LogP contribution in [0, 0.1) is 11.8 Å². The Morgan fingerprint density at radius 3 is 2.25 bits per heavy atom. The van der Waals surface area contributed by atoms with Crippen LogP contribution < -0.4 is 0 Å². The van der Waals surface area contributed by atoms with Gasteiger partial charge in [0.25, 0.3) is 0 Å². The Bertz CT molecular complexity index is 820. The highest BCUT2D eigenvalue weighted by Gasteiger charge is 2.42. The normalized spacial score (nSPS) is 22.9. The van der Waals surface area contributed by atoms with Crippen molar-refractivity contribution >= 4 is 5.97 Å². The first kappa shape index (κ1) is 24.2. The number of aliphatic hydroxyl groups excluding tert-OH is 2. The van der Waals surface area contributed by atoms with E-state index >= 15 is 0 Å². The standard InChI is InChI=1S/C27H34O5/c28-18-24-23(25(29)17-26(24)31-19-21-11-5-3-6-12-21)15-9-1-2-10-16-27(30)32-20-22-13-7-4-8-14-22/h1,3-9,11-14,23-26,28-29H,2,10,15-20H2/b9-1-/t23-,24-,25+,26-/m1/s1. The first-order chi connectivity index (χ1) is 15.7. The molecule has 0 spiro atoms. The van der Waals surface area contributed by atoms with Crippen molar-refractivity contribution in [1.82, 2.24) is 0 Å². The minimum absolute atomic E-state index is 0.00226. The van der Waals surface area contributed by atoms with Gasteiger partial charge in [-0.2, -0.15) is 0 Å². The Kier molecular flexibility index (Phi) is 9.95. The van der Waals surface area contributed by atoms with Gasteiger partial charge in [0.2, 0.25) is 0 Å². The lowest BCUT2D eigenvalue weighted by Gasteiger charge is -2.23. The van der Waals surface area contributed by atoms with Crippen molar-refractivity contribution in [3.63, 3.8) is 0 Å². The molecular formula is C27H34O5. The lowest BCUT2D eigenvalue weighted by Crippen LogP contribution is -2.26. The monoisotopic (exact) mass is 438 g/mol. The minimum Gasteiger partial charge on any atom is -0.461 e. The third-order valence-electron chi connectivity index (χ3n) is 6.08. The lowest BCUT2D eigenvalue weighted by atomic mass is 9.91. The predicted octanol–water partition coefficient (Wildman–Crippen LogP) is 4.42. The molecule has 2 aromatic carbocycles. The molecule has 0 unspecified atom stereocenters. The fourth-order valence-electron chi connectivity index (χ4n) is 4.25. The quantitative estimate of drug-likeness (QED) is 0.291. The molecule has 0 aromatic heterocycles. The van der Waals surface area contributed by atoms with Gasteiger partial charge in [-0.25, -0.2) is 0 Å². The van der Waals surface area contributed by atoms with E-state index in [4.69, 9.17) is 9.47 Å². The van der Waals surface area contributed by atoms with Gasteiger partial charge in [-0.1, -0.05) is 72.8 Å². The molecule has 2 aromatic rings. The van der Waals surface area contributed by atoms with E-state index in [0.29, 0.717) is 32.5 Å². The Labute approximate surface area is 190 Å². The van der Waals surface area contributed by atoms with Crippen molar-refractivity contribution in [3.8, 4) is 0 Å². The molecule has 0 aliphatic heterocycles. The van der Waals surface area contributed by atoms with E-state index in [1.165, 1.54) is 0 Å². The van der Waals surface area contributed by atoms with Gasteiger partial charge in [-0.15, -0.1) is 0 Å². The molecule has 0 radical (unpaired) electrons. The molecule has 2 N–H and O–H groups in total. The molecule has 0 amide bonds. The van der Waals surface area contributed by atoms with E-state index < -0.39 is 6.10 Å². The molecule has 0 bridgehead atoms. The maximum absolute atomic E-state index is 11.9. The van der Waals surface area contributed by atoms with Gasteiger partial charge < -0.3 is 19.7 Å². The molecule has 1 aliphatic carbocycles. The first-order valence-electron chi connectivity index (χ1n) is 11.5. The highest BCUT2D eigenvalue weighted by molar-refractivity contribution is 5.69. The van der Waals surface area contributed by atoms with Crippen molar-refractivity contribution in [2.24, 2.45) is 11.8 Å². The van der Waals surface area contributed by atoms with Crippen LogP contribution in [0.2, 0.25) is 0 Å². The van der Waals surface area contributed by atoms with E-state index in [-0.39, 0.29) is 30.5 Å². The van der Waals surface area contributed by atoms with Crippen LogP contribution in [0.15, 0.2) is 72.8 Å². The summed E-state index contributed by atoms with van der Waals surface area (Å²) in [4.78, 5) is 11.9. The van der Waals surface area contributed by atoms with Crippen molar-refractivity contribution in [3.05, 3.63) is 83.9 Å². The number of rotatable bonds is 12. The Balaban J connectivity index is 1.34. The van der Waals surface area contributed by atoms with Gasteiger partial charge in [0, 0.05) is 25.4 Å². The number of aliphatic hydroxyl groups is 2. The van der Waals surface area contributed by atoms with Crippen molar-refractivity contribution in [2.45, 2.75) is 57.5 Å². The molecule has 5 nitrogen and oxygen atoms in total. The van der Waals surface area contributed by atoms with E-state index in [0.717, 1.165) is 24.0 Å². The number of hydrogen-bond acceptors (Lipinski definition) is 5. The van der Waals surface area contributed by atoms with E-state index in [9.17, 15) is 15.0 Å². The van der Waals surface area contributed by atoms with Crippen LogP contribution in [0.4, 0.5) is 0 Å². The van der Waals surface area contributed by atoms with E-state index in [1.54, 1.807) is 0 Å². The summed E-state index contributed by atoms with van der Waals surface area (Å²) in [6, 6.07) is 19.6. The van der Waals surface area contributed by atoms with Crippen LogP contribution in [0.5, 0.6) is 0 Å². The van der Waals surface area contributed by atoms with Crippen molar-refractivity contribution in [1.29, 1.82) is 0 Å². The molecule has 0 heterocycles. The molecule has 32 heavy (non-hydrogen) atoms. The zero-order chi connectivity index (χ0) is 22.6. The second-order valence-corrected chi connectivity index (χ2v) is 8.39. The molecule has 1 aliphatic rings. The lowest BCUT2D eigenvalue weighted by molar-refractivity contribution is -0.145. The molecule has 5 heteroatoms. The van der Waals surface area contributed by atoms with E-state index in [1.807, 2.05) is 72.8 Å². The predicted molar refractivity (Wildman–Crippen MR) is 124 cm³/mol. The summed E-state index contributed by atoms with van der Waals surface area (Å²) >= 11 is 0. The zero-order valence-electron chi connectivity index (χ0n) is 18.5. The van der Waals surface area contributed by atoms with Gasteiger partial charge >= 0.3 is 5.97 Å². The topological polar surface area (TPSA) is 76.0 Å². The molecule has 4 atom stereocenters. The maximum atomic E-state index is 11.9. The number of unbranched alkanes of at least 4 members (excludes halogenated alkanes) is 1. The fraction of sp³-hybridized carbons (Fsp3) is 0.444. The molecular weight excluding hydrogens is 404 g/mol. The SMILES string of the molecule is O=C(CCC/C=C\C[C@@H]1[C@@H](CO)[C@H](OCc2ccccc2)C[C@@H]1O)OCc1ccccc1. The average Bonchev–Trinajstić information content (AvgIpc) is 3.14. The van der Waals surface area contributed by atoms with Gasteiger partial charge in [-0.3, -0.25) is 4.79 Å². The Morgan fingerprint density at radius 2 is 1.59 bits per heavy atom. The maximum Gasteiger partial charge on any atom is 0.306 e. The zero-order valence-corrected chi connectivity index (χ0v) is 18.5. The first-order valence-corrected chi connectivity index (χ1v) is 11.5. The number of carbonyl (C=O) groups excluding carboxylic acids is 1. The van der Waals surface area contributed by atoms with Crippen molar-refractivity contribution < 1.29 is 24.5 Å². The summed E-state index contributed by atoms with van der Waals surface area (Å²) in [7, 11) is 0. The van der Waals surface area contributed by atoms with Crippen molar-refractivity contribution in [2.75, 3.05) is 6.61 Å². The molecule has 3 rings (SSSR count). The third kappa shape index (κ3) is 7.59. The summed E-state index contributed by atoms with van der Waals surface area (Å²) < 4.78 is 11.3. The second kappa shape index (κ2) is 13.2. The van der Waals surface area contributed by atoms with Crippen LogP contribution in [-0.2, 0) is 27.5 Å². The molecule has 1 saturated carbocycles. The number of carbonyl (C=O) groups is 1. The van der Waals surface area contributed by atoms with Crippen LogP contribution in [0.25, 0.3) is 0 Å². The largest absolute Gasteiger partial charge is 0.461 e. The number of allylic oxidation sites excluding steroid dienone is 2. The number of ether oxygens (including phenoxy) is 2. The van der Waals surface area contributed by atoms with Crippen LogP contribution in [0.1, 0.15) is 43.2 Å². The van der Waals surface area contributed by atoms with Crippen LogP contribution in [0.3, 0.4) is 0 Å². The van der Waals surface area contributed by atoms with E-state index in [2.05, 4.69) is 0 Å². The average molecular weight is 439 g/mol. The van der Waals surface area contributed by atoms with Gasteiger partial charge in [0.15, 0.2) is 0 Å². The minimum atomic E-state index is -0.481. The smallest absolute Gasteiger partial charge is 0.306 e. The van der Waals surface area contributed by atoms with Crippen LogP contribution in [-0.4, -0.2) is 35.0 Å². The second-order valence-electron chi connectivity index (χ2n) is 8.39. The number of hydrogen-bond donors (Lipinski definition) is 2. The summed E-state index contributed by atoms with van der Waals surface area (Å²) in [5.41, 5.74) is 2.07. The molecule has 1 fully saturated rings. The molecule has 172 valence electrons. The fourth-order valence-corrected chi connectivity index (χ4v) is 4.25. The van der Waals surface area contributed by atoms with Crippen LogP contribution >= 0.6 is 0 Å². The summed E-state index contributed by atoms with van der Waals surface area (Å²) in [5.74, 6) is -0.286. The van der Waals surface area contributed by atoms with Gasteiger partial charge in [0.05, 0.1) is 18.8 Å². The van der Waals surface area contributed by atoms with Gasteiger partial charge in [0.1, 0.15) is 6.61 Å². The van der Waals surface area contributed by atoms with Gasteiger partial charge in [-0.05, 0) is 36.3 Å². The number of benzene rings is 2. The Morgan fingerprint density at radius 1 is 0.938 bits per heavy atom. The molecule has 0 saturated heterocycles. The summed E-state index contributed by atoms with van der Waals surface area (Å²) in [6.07, 6.45) is 6.59.